The van der Waals surface area contributed by atoms with Crippen molar-refractivity contribution in [3.05, 3.63) is 18.2 Å². The van der Waals surface area contributed by atoms with Crippen molar-refractivity contribution in [2.75, 3.05) is 31.2 Å². The predicted molar refractivity (Wildman–Crippen MR) is 80.9 cm³/mol. The number of benzene rings is 1. The van der Waals surface area contributed by atoms with E-state index in [4.69, 9.17) is 10.5 Å². The molecule has 0 saturated carbocycles. The number of nitrogens with one attached hydrogen (secondary N) is 1. The Morgan fingerprint density at radius 2 is 2.35 bits per heavy atom. The fourth-order valence-electron chi connectivity index (χ4n) is 2.56. The maximum atomic E-state index is 12.0. The zero-order valence-corrected chi connectivity index (χ0v) is 12.2. The lowest BCUT2D eigenvalue weighted by Crippen LogP contribution is -2.30. The Balaban J connectivity index is 1.85. The van der Waals surface area contributed by atoms with Crippen LogP contribution in [-0.2, 0) is 4.79 Å². The van der Waals surface area contributed by atoms with Crippen LogP contribution in [0.5, 0.6) is 5.75 Å². The van der Waals surface area contributed by atoms with Crippen molar-refractivity contribution >= 4 is 17.3 Å². The number of rotatable bonds is 5. The highest BCUT2D eigenvalue weighted by molar-refractivity contribution is 5.94. The molecule has 1 aliphatic heterocycles. The molecule has 0 bridgehead atoms. The first-order valence-electron chi connectivity index (χ1n) is 7.07. The number of nitrogens with two attached hydrogens (primary N) is 1. The third-order valence-corrected chi connectivity index (χ3v) is 3.85. The Kier molecular flexibility index (Phi) is 4.84. The van der Waals surface area contributed by atoms with E-state index in [1.165, 1.54) is 12.8 Å². The standard InChI is InChI=1S/C15H23N3O2/c1-11-4-3-8-18(11)9-7-15(19)17-14-6-5-12(20-2)10-13(14)16/h5-6,10-11H,3-4,7-9,16H2,1-2H3,(H,17,19). The smallest absolute Gasteiger partial charge is 0.225 e. The van der Waals surface area contributed by atoms with Gasteiger partial charge in [-0.15, -0.1) is 0 Å². The molecule has 3 N–H and O–H groups in total. The molecule has 0 radical (unpaired) electrons. The van der Waals surface area contributed by atoms with E-state index >= 15 is 0 Å². The molecule has 5 nitrogen and oxygen atoms in total. The molecule has 1 unspecified atom stereocenters. The number of likely N-dealkylation sites (tertiary alicyclic amines) is 1. The first kappa shape index (κ1) is 14.7. The zero-order valence-electron chi connectivity index (χ0n) is 12.2. The molecule has 0 spiro atoms. The van der Waals surface area contributed by atoms with Crippen LogP contribution in [0.1, 0.15) is 26.2 Å². The van der Waals surface area contributed by atoms with Crippen LogP contribution < -0.4 is 15.8 Å². The molecule has 1 aliphatic rings. The van der Waals surface area contributed by atoms with Crippen molar-refractivity contribution in [2.45, 2.75) is 32.2 Å². The van der Waals surface area contributed by atoms with E-state index in [9.17, 15) is 4.79 Å². The molecule has 1 aromatic carbocycles. The summed E-state index contributed by atoms with van der Waals surface area (Å²) in [6, 6.07) is 5.85. The second kappa shape index (κ2) is 6.61. The Hall–Kier alpha value is -1.75. The molecular formula is C15H23N3O2. The van der Waals surface area contributed by atoms with Gasteiger partial charge in [0, 0.05) is 25.1 Å². The fourth-order valence-corrected chi connectivity index (χ4v) is 2.56. The minimum Gasteiger partial charge on any atom is -0.497 e. The van der Waals surface area contributed by atoms with Crippen LogP contribution in [0.2, 0.25) is 0 Å². The summed E-state index contributed by atoms with van der Waals surface area (Å²) >= 11 is 0. The van der Waals surface area contributed by atoms with Crippen molar-refractivity contribution in [2.24, 2.45) is 0 Å². The highest BCUT2D eigenvalue weighted by Gasteiger charge is 2.20. The van der Waals surface area contributed by atoms with Gasteiger partial charge in [-0.1, -0.05) is 0 Å². The minimum absolute atomic E-state index is 0.000895. The average Bonchev–Trinajstić information content (AvgIpc) is 2.84. The lowest BCUT2D eigenvalue weighted by molar-refractivity contribution is -0.116. The van der Waals surface area contributed by atoms with Crippen molar-refractivity contribution in [3.63, 3.8) is 0 Å². The summed E-state index contributed by atoms with van der Waals surface area (Å²) in [5.74, 6) is 0.687. The molecule has 0 aliphatic carbocycles. The van der Waals surface area contributed by atoms with Crippen LogP contribution in [0.4, 0.5) is 11.4 Å². The van der Waals surface area contributed by atoms with Gasteiger partial charge in [-0.05, 0) is 38.4 Å². The number of ether oxygens (including phenoxy) is 1. The van der Waals surface area contributed by atoms with Crippen LogP contribution in [0.15, 0.2) is 18.2 Å². The van der Waals surface area contributed by atoms with Gasteiger partial charge < -0.3 is 20.7 Å². The van der Waals surface area contributed by atoms with Crippen molar-refractivity contribution in [1.82, 2.24) is 4.90 Å². The summed E-state index contributed by atoms with van der Waals surface area (Å²) in [6.07, 6.45) is 2.96. The summed E-state index contributed by atoms with van der Waals surface area (Å²) in [5, 5.41) is 2.85. The van der Waals surface area contributed by atoms with E-state index in [0.29, 0.717) is 29.6 Å². The van der Waals surface area contributed by atoms with Crippen molar-refractivity contribution < 1.29 is 9.53 Å². The second-order valence-electron chi connectivity index (χ2n) is 5.28. The number of nitrogen functional groups attached to an aromatic ring is 1. The Bertz CT molecular complexity index is 476. The Morgan fingerprint density at radius 1 is 1.55 bits per heavy atom. The maximum Gasteiger partial charge on any atom is 0.225 e. The van der Waals surface area contributed by atoms with Crippen molar-refractivity contribution in [1.29, 1.82) is 0 Å². The van der Waals surface area contributed by atoms with E-state index in [-0.39, 0.29) is 5.91 Å². The van der Waals surface area contributed by atoms with Gasteiger partial charge in [-0.2, -0.15) is 0 Å². The van der Waals surface area contributed by atoms with Gasteiger partial charge in [0.05, 0.1) is 18.5 Å². The van der Waals surface area contributed by atoms with Gasteiger partial charge in [0.25, 0.3) is 0 Å². The Morgan fingerprint density at radius 3 is 2.95 bits per heavy atom. The third kappa shape index (κ3) is 3.63. The van der Waals surface area contributed by atoms with Gasteiger partial charge in [0.2, 0.25) is 5.91 Å². The highest BCUT2D eigenvalue weighted by Crippen LogP contribution is 2.24. The number of hydrogen-bond acceptors (Lipinski definition) is 4. The molecule has 1 heterocycles. The number of amides is 1. The van der Waals surface area contributed by atoms with E-state index in [0.717, 1.165) is 13.1 Å². The van der Waals surface area contributed by atoms with Crippen molar-refractivity contribution in [3.8, 4) is 5.75 Å². The van der Waals surface area contributed by atoms with E-state index in [1.54, 1.807) is 25.3 Å². The summed E-state index contributed by atoms with van der Waals surface area (Å²) in [4.78, 5) is 14.3. The van der Waals surface area contributed by atoms with Gasteiger partial charge >= 0.3 is 0 Å². The van der Waals surface area contributed by atoms with E-state index in [1.807, 2.05) is 0 Å². The lowest BCUT2D eigenvalue weighted by atomic mass is 10.2. The topological polar surface area (TPSA) is 67.6 Å². The largest absolute Gasteiger partial charge is 0.497 e. The first-order chi connectivity index (χ1) is 9.60. The molecule has 110 valence electrons. The average molecular weight is 277 g/mol. The minimum atomic E-state index is 0.000895. The Labute approximate surface area is 120 Å². The number of hydrogen-bond donors (Lipinski definition) is 2. The SMILES string of the molecule is COc1ccc(NC(=O)CCN2CCCC2C)c(N)c1. The van der Waals surface area contributed by atoms with Gasteiger partial charge in [0.1, 0.15) is 5.75 Å². The fraction of sp³-hybridized carbons (Fsp3) is 0.533. The molecule has 1 aromatic rings. The van der Waals surface area contributed by atoms with Gasteiger partial charge in [0.15, 0.2) is 0 Å². The first-order valence-corrected chi connectivity index (χ1v) is 7.07. The predicted octanol–water partition coefficient (Wildman–Crippen LogP) is 2.09. The van der Waals surface area contributed by atoms with Crippen LogP contribution >= 0.6 is 0 Å². The highest BCUT2D eigenvalue weighted by atomic mass is 16.5. The molecule has 1 atom stereocenters. The number of carbonyl (C=O) groups excluding carboxylic acids is 1. The van der Waals surface area contributed by atoms with E-state index in [2.05, 4.69) is 17.1 Å². The van der Waals surface area contributed by atoms with Crippen LogP contribution in [0.3, 0.4) is 0 Å². The number of anilines is 2. The molecule has 2 rings (SSSR count). The number of carbonyl (C=O) groups is 1. The summed E-state index contributed by atoms with van der Waals surface area (Å²) in [5.41, 5.74) is 7.04. The molecular weight excluding hydrogens is 254 g/mol. The summed E-state index contributed by atoms with van der Waals surface area (Å²) in [7, 11) is 1.59. The second-order valence-corrected chi connectivity index (χ2v) is 5.28. The normalized spacial score (nSPS) is 19.0. The van der Waals surface area contributed by atoms with Crippen LogP contribution in [0, 0.1) is 0 Å². The molecule has 1 saturated heterocycles. The number of methoxy groups -OCH3 is 1. The van der Waals surface area contributed by atoms with Crippen LogP contribution in [-0.4, -0.2) is 37.0 Å². The molecule has 20 heavy (non-hydrogen) atoms. The van der Waals surface area contributed by atoms with Gasteiger partial charge in [-0.3, -0.25) is 4.79 Å². The van der Waals surface area contributed by atoms with Crippen LogP contribution in [0.25, 0.3) is 0 Å². The molecule has 0 aromatic heterocycles. The summed E-state index contributed by atoms with van der Waals surface area (Å²) < 4.78 is 5.08. The van der Waals surface area contributed by atoms with E-state index < -0.39 is 0 Å². The third-order valence-electron chi connectivity index (χ3n) is 3.85. The van der Waals surface area contributed by atoms with Gasteiger partial charge in [-0.25, -0.2) is 0 Å². The molecule has 5 heteroatoms. The zero-order chi connectivity index (χ0) is 14.5. The molecule has 1 amide bonds. The quantitative estimate of drug-likeness (QED) is 0.809. The number of nitrogens with zero attached hydrogens (tertiary/aromatic N) is 1. The molecule has 1 fully saturated rings. The summed E-state index contributed by atoms with van der Waals surface area (Å²) in [6.45, 7) is 4.12. The maximum absolute atomic E-state index is 12.0. The monoisotopic (exact) mass is 277 g/mol. The lowest BCUT2D eigenvalue weighted by Gasteiger charge is -2.20.